The van der Waals surface area contributed by atoms with Crippen molar-refractivity contribution in [1.82, 2.24) is 0 Å². The van der Waals surface area contributed by atoms with Crippen LogP contribution < -0.4 is 9.47 Å². The average Bonchev–Trinajstić information content (AvgIpc) is 2.86. The van der Waals surface area contributed by atoms with Crippen molar-refractivity contribution < 1.29 is 19.0 Å². The molecule has 0 bridgehead atoms. The second kappa shape index (κ2) is 4.16. The molecule has 0 N–H and O–H groups in total. The molecule has 3 aromatic carbocycles. The van der Waals surface area contributed by atoms with Crippen molar-refractivity contribution in [3.8, 4) is 11.5 Å². The summed E-state index contributed by atoms with van der Waals surface area (Å²) in [6, 6.07) is 16.1. The lowest BCUT2D eigenvalue weighted by Crippen LogP contribution is -2.47. The highest BCUT2D eigenvalue weighted by atomic mass is 16.8. The Morgan fingerprint density at radius 2 is 1.43 bits per heavy atom. The van der Waals surface area contributed by atoms with Crippen LogP contribution in [-0.4, -0.2) is 17.9 Å². The Bertz CT molecular complexity index is 978. The third-order valence-corrected chi connectivity index (χ3v) is 4.66. The average molecular weight is 306 g/mol. The van der Waals surface area contributed by atoms with E-state index in [1.807, 2.05) is 36.4 Å². The molecule has 3 aromatic rings. The van der Waals surface area contributed by atoms with Crippen molar-refractivity contribution in [2.24, 2.45) is 0 Å². The van der Waals surface area contributed by atoms with E-state index in [0.29, 0.717) is 11.5 Å². The van der Waals surface area contributed by atoms with Gasteiger partial charge in [0.05, 0.1) is 6.42 Å². The summed E-state index contributed by atoms with van der Waals surface area (Å²) in [4.78, 5) is 11.7. The normalized spacial score (nSPS) is 25.4. The molecule has 0 amide bonds. The third-order valence-electron chi connectivity index (χ3n) is 4.66. The summed E-state index contributed by atoms with van der Waals surface area (Å²) in [5.41, 5.74) is 0. The van der Waals surface area contributed by atoms with Crippen molar-refractivity contribution in [2.75, 3.05) is 0 Å². The fourth-order valence-electron chi connectivity index (χ4n) is 3.55. The minimum absolute atomic E-state index is 0.205. The van der Waals surface area contributed by atoms with Gasteiger partial charge in [-0.2, -0.15) is 0 Å². The summed E-state index contributed by atoms with van der Waals surface area (Å²) < 4.78 is 17.7. The van der Waals surface area contributed by atoms with E-state index in [2.05, 4.69) is 12.1 Å². The van der Waals surface area contributed by atoms with Crippen LogP contribution >= 0.6 is 0 Å². The number of esters is 1. The zero-order valence-electron chi connectivity index (χ0n) is 12.5. The summed E-state index contributed by atoms with van der Waals surface area (Å²) in [7, 11) is 0. The number of carbonyl (C=O) groups is 1. The Morgan fingerprint density at radius 3 is 2.09 bits per heavy atom. The maximum absolute atomic E-state index is 11.7. The lowest BCUT2D eigenvalue weighted by atomic mass is 9.98. The highest BCUT2D eigenvalue weighted by Gasteiger charge is 2.53. The van der Waals surface area contributed by atoms with Gasteiger partial charge in [-0.05, 0) is 10.8 Å². The molecule has 1 fully saturated rings. The van der Waals surface area contributed by atoms with Gasteiger partial charge in [-0.1, -0.05) is 48.5 Å². The number of hydrogen-bond acceptors (Lipinski definition) is 4. The number of rotatable bonds is 0. The molecule has 2 atom stereocenters. The molecule has 2 unspecified atom stereocenters. The zero-order valence-corrected chi connectivity index (χ0v) is 12.5. The van der Waals surface area contributed by atoms with Crippen molar-refractivity contribution >= 4 is 27.5 Å². The van der Waals surface area contributed by atoms with Gasteiger partial charge in [0.1, 0.15) is 0 Å². The summed E-state index contributed by atoms with van der Waals surface area (Å²) in [5.74, 6) is -0.0123. The third kappa shape index (κ3) is 1.63. The summed E-state index contributed by atoms with van der Waals surface area (Å²) in [5, 5.41) is 4.16. The van der Waals surface area contributed by atoms with Crippen LogP contribution in [0.25, 0.3) is 21.5 Å². The first kappa shape index (κ1) is 12.8. The number of benzene rings is 3. The molecule has 2 aliphatic rings. The molecule has 114 valence electrons. The van der Waals surface area contributed by atoms with Crippen LogP contribution in [0.2, 0.25) is 0 Å². The molecular formula is C19H14O4. The summed E-state index contributed by atoms with van der Waals surface area (Å²) in [6.07, 6.45) is -0.219. The second-order valence-electron chi connectivity index (χ2n) is 6.15. The fraction of sp³-hybridized carbons (Fsp3) is 0.211. The number of carbonyl (C=O) groups excluding carboxylic acids is 1. The SMILES string of the molecule is CC12OC(=O)CC1Oc1c(c3ccccc3c3ccccc13)O2. The molecule has 0 aliphatic carbocycles. The minimum Gasteiger partial charge on any atom is -0.477 e. The predicted molar refractivity (Wildman–Crippen MR) is 85.6 cm³/mol. The van der Waals surface area contributed by atoms with Gasteiger partial charge in [-0.25, -0.2) is 0 Å². The Kier molecular flexibility index (Phi) is 2.31. The first-order valence-corrected chi connectivity index (χ1v) is 7.67. The molecular weight excluding hydrogens is 292 g/mol. The van der Waals surface area contributed by atoms with Crippen LogP contribution in [0.1, 0.15) is 13.3 Å². The molecule has 0 radical (unpaired) electrons. The predicted octanol–water partition coefficient (Wildman–Crippen LogP) is 3.80. The summed E-state index contributed by atoms with van der Waals surface area (Å²) >= 11 is 0. The van der Waals surface area contributed by atoms with E-state index in [1.165, 1.54) is 0 Å². The Hall–Kier alpha value is -2.75. The largest absolute Gasteiger partial charge is 0.477 e. The van der Waals surface area contributed by atoms with E-state index < -0.39 is 11.9 Å². The van der Waals surface area contributed by atoms with Crippen LogP contribution in [0.4, 0.5) is 0 Å². The van der Waals surface area contributed by atoms with Crippen molar-refractivity contribution in [3.63, 3.8) is 0 Å². The Balaban J connectivity index is 1.88. The summed E-state index contributed by atoms with van der Waals surface area (Å²) in [6.45, 7) is 1.76. The van der Waals surface area contributed by atoms with E-state index in [0.717, 1.165) is 21.5 Å². The fourth-order valence-corrected chi connectivity index (χ4v) is 3.55. The van der Waals surface area contributed by atoms with Crippen molar-refractivity contribution in [1.29, 1.82) is 0 Å². The molecule has 0 spiro atoms. The van der Waals surface area contributed by atoms with Crippen LogP contribution in [0, 0.1) is 0 Å². The Morgan fingerprint density at radius 1 is 0.870 bits per heavy atom. The zero-order chi connectivity index (χ0) is 15.6. The van der Waals surface area contributed by atoms with E-state index in [9.17, 15) is 4.79 Å². The van der Waals surface area contributed by atoms with Gasteiger partial charge in [0.25, 0.3) is 5.79 Å². The first-order chi connectivity index (χ1) is 11.2. The molecule has 2 heterocycles. The molecule has 2 aliphatic heterocycles. The topological polar surface area (TPSA) is 44.8 Å². The molecule has 4 heteroatoms. The van der Waals surface area contributed by atoms with E-state index in [4.69, 9.17) is 14.2 Å². The highest BCUT2D eigenvalue weighted by molar-refractivity contribution is 6.13. The molecule has 4 nitrogen and oxygen atoms in total. The van der Waals surface area contributed by atoms with Crippen molar-refractivity contribution in [3.05, 3.63) is 48.5 Å². The molecule has 1 saturated heterocycles. The molecule has 5 rings (SSSR count). The maximum Gasteiger partial charge on any atom is 0.313 e. The van der Waals surface area contributed by atoms with Crippen LogP contribution in [0.5, 0.6) is 11.5 Å². The first-order valence-electron chi connectivity index (χ1n) is 7.67. The second-order valence-corrected chi connectivity index (χ2v) is 6.15. The molecule has 0 aromatic heterocycles. The van der Waals surface area contributed by atoms with Crippen molar-refractivity contribution in [2.45, 2.75) is 25.2 Å². The van der Waals surface area contributed by atoms with Crippen LogP contribution in [0.15, 0.2) is 48.5 Å². The number of ether oxygens (including phenoxy) is 3. The Labute approximate surface area is 132 Å². The van der Waals surface area contributed by atoms with Gasteiger partial charge < -0.3 is 14.2 Å². The van der Waals surface area contributed by atoms with Gasteiger partial charge in [0.2, 0.25) is 0 Å². The van der Waals surface area contributed by atoms with Crippen LogP contribution in [0.3, 0.4) is 0 Å². The van der Waals surface area contributed by atoms with E-state index >= 15 is 0 Å². The standard InChI is InChI=1S/C19H14O4/c1-19-15(10-16(20)22-19)21-17-13-8-4-2-6-11(13)12-7-3-5-9-14(12)18(17)23-19/h2-9,15H,10H2,1H3. The number of fused-ring (bicyclic) bond motifs is 7. The van der Waals surface area contributed by atoms with E-state index in [-0.39, 0.29) is 12.4 Å². The van der Waals surface area contributed by atoms with Gasteiger partial charge >= 0.3 is 5.97 Å². The van der Waals surface area contributed by atoms with Gasteiger partial charge in [-0.15, -0.1) is 0 Å². The smallest absolute Gasteiger partial charge is 0.313 e. The lowest BCUT2D eigenvalue weighted by Gasteiger charge is -2.36. The van der Waals surface area contributed by atoms with Gasteiger partial charge in [0, 0.05) is 17.7 Å². The monoisotopic (exact) mass is 306 g/mol. The molecule has 0 saturated carbocycles. The van der Waals surface area contributed by atoms with E-state index in [1.54, 1.807) is 6.92 Å². The lowest BCUT2D eigenvalue weighted by molar-refractivity contribution is -0.195. The van der Waals surface area contributed by atoms with Gasteiger partial charge in [0.15, 0.2) is 17.6 Å². The quantitative estimate of drug-likeness (QED) is 0.468. The highest BCUT2D eigenvalue weighted by Crippen LogP contribution is 2.50. The van der Waals surface area contributed by atoms with Crippen LogP contribution in [-0.2, 0) is 9.53 Å². The maximum atomic E-state index is 11.7. The van der Waals surface area contributed by atoms with Gasteiger partial charge in [-0.3, -0.25) is 4.79 Å². The molecule has 23 heavy (non-hydrogen) atoms. The number of hydrogen-bond donors (Lipinski definition) is 0. The minimum atomic E-state index is -1.06.